The summed E-state index contributed by atoms with van der Waals surface area (Å²) < 4.78 is 0. The maximum absolute atomic E-state index is 11.2. The van der Waals surface area contributed by atoms with E-state index >= 15 is 0 Å². The minimum absolute atomic E-state index is 0.0753. The third kappa shape index (κ3) is 2.59. The first kappa shape index (κ1) is 12.9. The van der Waals surface area contributed by atoms with Gasteiger partial charge in [0.15, 0.2) is 0 Å². The van der Waals surface area contributed by atoms with Crippen LogP contribution in [0, 0.1) is 10.1 Å². The molecule has 3 aromatic rings. The number of benzene rings is 1. The van der Waals surface area contributed by atoms with Crippen LogP contribution in [0.4, 0.5) is 11.5 Å². The molecule has 2 heterocycles. The number of hydrogen-bond acceptors (Lipinski definition) is 5. The van der Waals surface area contributed by atoms with Crippen LogP contribution in [-0.4, -0.2) is 19.9 Å². The molecule has 0 bridgehead atoms. The Hall–Kier alpha value is -3.16. The van der Waals surface area contributed by atoms with Crippen LogP contribution in [0.1, 0.15) is 5.56 Å². The summed E-state index contributed by atoms with van der Waals surface area (Å²) in [4.78, 5) is 30.9. The van der Waals surface area contributed by atoms with Crippen molar-refractivity contribution in [1.29, 1.82) is 0 Å². The van der Waals surface area contributed by atoms with E-state index in [9.17, 15) is 14.9 Å². The Morgan fingerprint density at radius 2 is 2.05 bits per heavy atom. The molecule has 0 spiro atoms. The molecule has 2 aromatic heterocycles. The first-order valence-corrected chi connectivity index (χ1v) is 6.18. The monoisotopic (exact) mass is 285 g/mol. The summed E-state index contributed by atoms with van der Waals surface area (Å²) >= 11 is 0. The minimum Gasteiger partial charge on any atom is -0.360 e. The maximum Gasteiger partial charge on any atom is 0.323 e. The molecule has 0 fully saturated rings. The molecule has 0 aliphatic rings. The molecule has 0 aliphatic heterocycles. The van der Waals surface area contributed by atoms with E-state index in [1.807, 2.05) is 6.07 Å². The van der Waals surface area contributed by atoms with Gasteiger partial charge in [-0.05, 0) is 23.8 Å². The number of nitrogens with zero attached hydrogens (tertiary/aromatic N) is 2. The quantitative estimate of drug-likeness (QED) is 0.499. The summed E-state index contributed by atoms with van der Waals surface area (Å²) in [5, 5.41) is 13.8. The normalized spacial score (nSPS) is 10.7. The summed E-state index contributed by atoms with van der Waals surface area (Å²) in [6.45, 7) is 0.362. The van der Waals surface area contributed by atoms with Crippen LogP contribution in [0.2, 0.25) is 0 Å². The van der Waals surface area contributed by atoms with E-state index in [1.54, 1.807) is 12.1 Å². The molecule has 8 heteroatoms. The number of hydrogen-bond donors (Lipinski definition) is 3. The predicted octanol–water partition coefficient (Wildman–Crippen LogP) is 1.77. The first-order valence-electron chi connectivity index (χ1n) is 6.18. The number of aromatic amines is 2. The second kappa shape index (κ2) is 5.08. The fourth-order valence-electron chi connectivity index (χ4n) is 2.06. The van der Waals surface area contributed by atoms with E-state index in [0.717, 1.165) is 5.56 Å². The fraction of sp³-hybridized carbons (Fsp3) is 0.0769. The fourth-order valence-corrected chi connectivity index (χ4v) is 2.06. The van der Waals surface area contributed by atoms with Crippen LogP contribution in [-0.2, 0) is 6.54 Å². The lowest BCUT2D eigenvalue weighted by molar-refractivity contribution is -0.384. The highest BCUT2D eigenvalue weighted by Gasteiger charge is 2.13. The Bertz CT molecular complexity index is 867. The number of anilines is 1. The van der Waals surface area contributed by atoms with Gasteiger partial charge in [-0.15, -0.1) is 0 Å². The second-order valence-corrected chi connectivity index (χ2v) is 4.44. The topological polar surface area (TPSA) is 117 Å². The van der Waals surface area contributed by atoms with Gasteiger partial charge in [0.25, 0.3) is 0 Å². The molecule has 21 heavy (non-hydrogen) atoms. The Kier molecular flexibility index (Phi) is 3.11. The average Bonchev–Trinajstić information content (AvgIpc) is 2.84. The van der Waals surface area contributed by atoms with Crippen LogP contribution in [0.15, 0.2) is 41.3 Å². The summed E-state index contributed by atoms with van der Waals surface area (Å²) in [6, 6.07) is 8.31. The SMILES string of the molecule is O=c1[nH]c2ccc(CNc3ncccc3[N+](=O)[O-])cc2[nH]1. The molecule has 3 N–H and O–H groups in total. The summed E-state index contributed by atoms with van der Waals surface area (Å²) in [5.74, 6) is 0.213. The molecule has 1 aromatic carbocycles. The van der Waals surface area contributed by atoms with Crippen molar-refractivity contribution in [3.05, 3.63) is 62.7 Å². The number of rotatable bonds is 4. The molecule has 8 nitrogen and oxygen atoms in total. The number of fused-ring (bicyclic) bond motifs is 1. The molecule has 0 saturated carbocycles. The van der Waals surface area contributed by atoms with Gasteiger partial charge >= 0.3 is 11.4 Å². The van der Waals surface area contributed by atoms with Crippen molar-refractivity contribution in [2.24, 2.45) is 0 Å². The first-order chi connectivity index (χ1) is 10.1. The molecule has 3 rings (SSSR count). The van der Waals surface area contributed by atoms with Gasteiger partial charge in [-0.2, -0.15) is 0 Å². The number of nitrogens with one attached hydrogen (secondary N) is 3. The molecule has 0 radical (unpaired) electrons. The lowest BCUT2D eigenvalue weighted by Gasteiger charge is -2.06. The van der Waals surface area contributed by atoms with Crippen molar-refractivity contribution >= 4 is 22.5 Å². The van der Waals surface area contributed by atoms with Crippen LogP contribution in [0.25, 0.3) is 11.0 Å². The standard InChI is InChI=1S/C13H11N5O3/c19-13-16-9-4-3-8(6-10(9)17-13)7-15-12-11(18(20)21)2-1-5-14-12/h1-6H,7H2,(H,14,15)(H2,16,17,19). The van der Waals surface area contributed by atoms with Crippen molar-refractivity contribution in [3.63, 3.8) is 0 Å². The van der Waals surface area contributed by atoms with Gasteiger partial charge in [-0.25, -0.2) is 9.78 Å². The average molecular weight is 285 g/mol. The van der Waals surface area contributed by atoms with Crippen molar-refractivity contribution < 1.29 is 4.92 Å². The van der Waals surface area contributed by atoms with Crippen molar-refractivity contribution in [3.8, 4) is 0 Å². The van der Waals surface area contributed by atoms with Gasteiger partial charge in [0.2, 0.25) is 5.82 Å². The Morgan fingerprint density at radius 1 is 1.24 bits per heavy atom. The molecular formula is C13H11N5O3. The molecule has 0 aliphatic carbocycles. The largest absolute Gasteiger partial charge is 0.360 e. The smallest absolute Gasteiger partial charge is 0.323 e. The number of aromatic nitrogens is 3. The Labute approximate surface area is 118 Å². The molecule has 0 atom stereocenters. The van der Waals surface area contributed by atoms with Crippen molar-refractivity contribution in [2.45, 2.75) is 6.54 Å². The van der Waals surface area contributed by atoms with Gasteiger partial charge in [0.1, 0.15) is 0 Å². The molecule has 0 amide bonds. The van der Waals surface area contributed by atoms with Crippen LogP contribution < -0.4 is 11.0 Å². The van der Waals surface area contributed by atoms with E-state index in [-0.39, 0.29) is 17.2 Å². The highest BCUT2D eigenvalue weighted by atomic mass is 16.6. The van der Waals surface area contributed by atoms with Gasteiger partial charge < -0.3 is 15.3 Å². The number of nitro groups is 1. The zero-order valence-corrected chi connectivity index (χ0v) is 10.8. The van der Waals surface area contributed by atoms with Gasteiger partial charge in [-0.3, -0.25) is 10.1 Å². The van der Waals surface area contributed by atoms with Crippen LogP contribution >= 0.6 is 0 Å². The van der Waals surface area contributed by atoms with Crippen LogP contribution in [0.5, 0.6) is 0 Å². The van der Waals surface area contributed by atoms with E-state index in [2.05, 4.69) is 20.3 Å². The summed E-state index contributed by atoms with van der Waals surface area (Å²) in [7, 11) is 0. The maximum atomic E-state index is 11.2. The lowest BCUT2D eigenvalue weighted by Crippen LogP contribution is -2.04. The third-order valence-corrected chi connectivity index (χ3v) is 3.02. The Morgan fingerprint density at radius 3 is 2.86 bits per heavy atom. The molecule has 106 valence electrons. The van der Waals surface area contributed by atoms with Crippen LogP contribution in [0.3, 0.4) is 0 Å². The Balaban J connectivity index is 1.83. The zero-order chi connectivity index (χ0) is 14.8. The van der Waals surface area contributed by atoms with E-state index < -0.39 is 4.92 Å². The van der Waals surface area contributed by atoms with Gasteiger partial charge in [0.05, 0.1) is 16.0 Å². The minimum atomic E-state index is -0.484. The lowest BCUT2D eigenvalue weighted by atomic mass is 10.2. The third-order valence-electron chi connectivity index (χ3n) is 3.02. The molecule has 0 unspecified atom stereocenters. The molecular weight excluding hydrogens is 274 g/mol. The van der Waals surface area contributed by atoms with Crippen molar-refractivity contribution in [2.75, 3.05) is 5.32 Å². The highest BCUT2D eigenvalue weighted by molar-refractivity contribution is 5.75. The number of imidazole rings is 1. The van der Waals surface area contributed by atoms with Crippen molar-refractivity contribution in [1.82, 2.24) is 15.0 Å². The summed E-state index contributed by atoms with van der Waals surface area (Å²) in [5.41, 5.74) is 1.93. The van der Waals surface area contributed by atoms with E-state index in [4.69, 9.17) is 0 Å². The number of H-pyrrole nitrogens is 2. The zero-order valence-electron chi connectivity index (χ0n) is 10.8. The molecule has 0 saturated heterocycles. The summed E-state index contributed by atoms with van der Waals surface area (Å²) in [6.07, 6.45) is 1.49. The number of pyridine rings is 1. The predicted molar refractivity (Wildman–Crippen MR) is 77.1 cm³/mol. The van der Waals surface area contributed by atoms with E-state index in [1.165, 1.54) is 18.3 Å². The highest BCUT2D eigenvalue weighted by Crippen LogP contribution is 2.21. The van der Waals surface area contributed by atoms with Gasteiger partial charge in [-0.1, -0.05) is 6.07 Å². The second-order valence-electron chi connectivity index (χ2n) is 4.44. The van der Waals surface area contributed by atoms with Gasteiger partial charge in [0, 0.05) is 18.8 Å². The van der Waals surface area contributed by atoms with E-state index in [0.29, 0.717) is 17.6 Å².